The van der Waals surface area contributed by atoms with Crippen LogP contribution in [0.5, 0.6) is 0 Å². The Morgan fingerprint density at radius 1 is 1.29 bits per heavy atom. The maximum Gasteiger partial charge on any atom is 0.340 e. The zero-order chi connectivity index (χ0) is 16.5. The SMILES string of the molecule is Cc1cc2c(nc1N1CCc3nc(C4(C)CC4)sc3C1)COC2=O. The molecule has 6 heteroatoms. The van der Waals surface area contributed by atoms with E-state index >= 15 is 0 Å². The highest BCUT2D eigenvalue weighted by molar-refractivity contribution is 7.12. The maximum atomic E-state index is 11.7. The molecule has 2 aromatic heterocycles. The molecule has 0 N–H and O–H groups in total. The smallest absolute Gasteiger partial charge is 0.340 e. The lowest BCUT2D eigenvalue weighted by molar-refractivity contribution is 0.0533. The highest BCUT2D eigenvalue weighted by atomic mass is 32.1. The molecule has 0 aromatic carbocycles. The Morgan fingerprint density at radius 2 is 2.12 bits per heavy atom. The Balaban J connectivity index is 1.47. The average molecular weight is 341 g/mol. The summed E-state index contributed by atoms with van der Waals surface area (Å²) in [5.41, 5.74) is 4.04. The standard InChI is InChI=1S/C18H19N3O2S/c1-10-7-11-13(9-23-16(11)22)19-15(10)21-6-3-12-14(8-21)24-17(20-12)18(2)4-5-18/h7H,3-6,8-9H2,1-2H3. The van der Waals surface area contributed by atoms with Crippen LogP contribution in [0.1, 0.15) is 57.0 Å². The van der Waals surface area contributed by atoms with E-state index in [4.69, 9.17) is 14.7 Å². The zero-order valence-corrected chi connectivity index (χ0v) is 14.7. The normalized spacial score (nSPS) is 20.6. The van der Waals surface area contributed by atoms with E-state index in [0.29, 0.717) is 17.6 Å². The third-order valence-corrected chi connectivity index (χ3v) is 6.76. The summed E-state index contributed by atoms with van der Waals surface area (Å²) in [6.07, 6.45) is 3.50. The quantitative estimate of drug-likeness (QED) is 0.786. The molecule has 24 heavy (non-hydrogen) atoms. The lowest BCUT2D eigenvalue weighted by atomic mass is 10.1. The Kier molecular flexibility index (Phi) is 2.87. The molecule has 5 rings (SSSR count). The van der Waals surface area contributed by atoms with E-state index in [2.05, 4.69) is 11.8 Å². The number of cyclic esters (lactones) is 1. The van der Waals surface area contributed by atoms with Crippen molar-refractivity contribution in [1.82, 2.24) is 9.97 Å². The summed E-state index contributed by atoms with van der Waals surface area (Å²) in [6.45, 7) is 6.42. The molecule has 1 fully saturated rings. The second kappa shape index (κ2) is 4.79. The molecule has 5 nitrogen and oxygen atoms in total. The fraction of sp³-hybridized carbons (Fsp3) is 0.500. The van der Waals surface area contributed by atoms with Gasteiger partial charge in [0, 0.05) is 23.3 Å². The summed E-state index contributed by atoms with van der Waals surface area (Å²) in [7, 11) is 0. The van der Waals surface area contributed by atoms with E-state index in [9.17, 15) is 4.79 Å². The molecule has 0 atom stereocenters. The van der Waals surface area contributed by atoms with Crippen LogP contribution in [0.2, 0.25) is 0 Å². The molecule has 1 aliphatic carbocycles. The van der Waals surface area contributed by atoms with Crippen molar-refractivity contribution in [2.45, 2.75) is 51.7 Å². The van der Waals surface area contributed by atoms with Crippen LogP contribution >= 0.6 is 11.3 Å². The minimum absolute atomic E-state index is 0.252. The van der Waals surface area contributed by atoms with Crippen LogP contribution in [0, 0.1) is 6.92 Å². The second-order valence-electron chi connectivity index (χ2n) is 7.32. The first-order valence-electron chi connectivity index (χ1n) is 8.45. The highest BCUT2D eigenvalue weighted by Gasteiger charge is 2.43. The number of anilines is 1. The molecule has 124 valence electrons. The number of aryl methyl sites for hydroxylation is 1. The molecule has 4 heterocycles. The van der Waals surface area contributed by atoms with Gasteiger partial charge in [0.25, 0.3) is 0 Å². The Labute approximate surface area is 144 Å². The molecular weight excluding hydrogens is 322 g/mol. The van der Waals surface area contributed by atoms with Crippen molar-refractivity contribution in [2.75, 3.05) is 11.4 Å². The molecule has 0 unspecified atom stereocenters. The fourth-order valence-corrected chi connectivity index (χ4v) is 4.82. The van der Waals surface area contributed by atoms with Crippen LogP contribution in [0.3, 0.4) is 0 Å². The molecule has 0 spiro atoms. The van der Waals surface area contributed by atoms with E-state index < -0.39 is 0 Å². The Morgan fingerprint density at radius 3 is 2.92 bits per heavy atom. The molecule has 0 saturated heterocycles. The number of carbonyl (C=O) groups is 1. The lowest BCUT2D eigenvalue weighted by Gasteiger charge is -2.28. The van der Waals surface area contributed by atoms with Gasteiger partial charge in [0.15, 0.2) is 0 Å². The van der Waals surface area contributed by atoms with E-state index in [-0.39, 0.29) is 5.97 Å². The Hall–Kier alpha value is -1.95. The molecular formula is C18H19N3O2S. The monoisotopic (exact) mass is 341 g/mol. The summed E-state index contributed by atoms with van der Waals surface area (Å²) < 4.78 is 5.10. The van der Waals surface area contributed by atoms with Gasteiger partial charge in [-0.25, -0.2) is 14.8 Å². The van der Waals surface area contributed by atoms with Crippen molar-refractivity contribution < 1.29 is 9.53 Å². The number of fused-ring (bicyclic) bond motifs is 2. The van der Waals surface area contributed by atoms with Crippen LogP contribution in [0.4, 0.5) is 5.82 Å². The number of nitrogens with zero attached hydrogens (tertiary/aromatic N) is 3. The summed E-state index contributed by atoms with van der Waals surface area (Å²) >= 11 is 1.88. The van der Waals surface area contributed by atoms with Crippen LogP contribution in [-0.4, -0.2) is 22.5 Å². The van der Waals surface area contributed by atoms with Gasteiger partial charge in [0.1, 0.15) is 12.4 Å². The number of thiazole rings is 1. The molecule has 3 aliphatic rings. The van der Waals surface area contributed by atoms with Gasteiger partial charge in [-0.1, -0.05) is 6.92 Å². The van der Waals surface area contributed by atoms with Gasteiger partial charge in [-0.15, -0.1) is 11.3 Å². The van der Waals surface area contributed by atoms with E-state index in [1.54, 1.807) is 0 Å². The number of rotatable bonds is 2. The molecule has 0 amide bonds. The average Bonchev–Trinajstić information content (AvgIpc) is 3.03. The fourth-order valence-electron chi connectivity index (χ4n) is 3.49. The van der Waals surface area contributed by atoms with Gasteiger partial charge >= 0.3 is 5.97 Å². The van der Waals surface area contributed by atoms with Gasteiger partial charge in [0.2, 0.25) is 0 Å². The van der Waals surface area contributed by atoms with Crippen molar-refractivity contribution in [2.24, 2.45) is 0 Å². The first-order chi connectivity index (χ1) is 11.5. The number of hydrogen-bond acceptors (Lipinski definition) is 6. The third-order valence-electron chi connectivity index (χ3n) is 5.37. The topological polar surface area (TPSA) is 55.3 Å². The minimum atomic E-state index is -0.252. The number of aromatic nitrogens is 2. The number of carbonyl (C=O) groups excluding carboxylic acids is 1. The first-order valence-corrected chi connectivity index (χ1v) is 9.27. The van der Waals surface area contributed by atoms with Crippen molar-refractivity contribution in [3.8, 4) is 0 Å². The maximum absolute atomic E-state index is 11.7. The molecule has 2 aromatic rings. The number of esters is 1. The third kappa shape index (κ3) is 2.09. The van der Waals surface area contributed by atoms with Crippen molar-refractivity contribution in [1.29, 1.82) is 0 Å². The number of pyridine rings is 1. The number of ether oxygens (including phenoxy) is 1. The van der Waals surface area contributed by atoms with Gasteiger partial charge in [0.05, 0.1) is 28.5 Å². The van der Waals surface area contributed by atoms with E-state index in [0.717, 1.165) is 36.6 Å². The Bertz CT molecular complexity index is 869. The zero-order valence-electron chi connectivity index (χ0n) is 13.9. The summed E-state index contributed by atoms with van der Waals surface area (Å²) in [5, 5.41) is 1.31. The molecule has 1 saturated carbocycles. The summed E-state index contributed by atoms with van der Waals surface area (Å²) in [5.74, 6) is 0.725. The van der Waals surface area contributed by atoms with Gasteiger partial charge < -0.3 is 9.64 Å². The minimum Gasteiger partial charge on any atom is -0.455 e. The van der Waals surface area contributed by atoms with Crippen molar-refractivity contribution in [3.05, 3.63) is 38.5 Å². The number of hydrogen-bond donors (Lipinski definition) is 0. The largest absolute Gasteiger partial charge is 0.455 e. The predicted molar refractivity (Wildman–Crippen MR) is 91.5 cm³/mol. The molecule has 0 bridgehead atoms. The summed E-state index contributed by atoms with van der Waals surface area (Å²) in [6, 6.07) is 1.92. The lowest BCUT2D eigenvalue weighted by Crippen LogP contribution is -2.31. The van der Waals surface area contributed by atoms with Gasteiger partial charge in [-0.05, 0) is 31.4 Å². The second-order valence-corrected chi connectivity index (χ2v) is 8.40. The van der Waals surface area contributed by atoms with Crippen LogP contribution in [-0.2, 0) is 29.7 Å². The van der Waals surface area contributed by atoms with Crippen molar-refractivity contribution >= 4 is 23.1 Å². The van der Waals surface area contributed by atoms with E-state index in [1.165, 1.54) is 28.4 Å². The molecule has 0 radical (unpaired) electrons. The van der Waals surface area contributed by atoms with Gasteiger partial charge in [-0.3, -0.25) is 0 Å². The first kappa shape index (κ1) is 14.4. The molecule has 2 aliphatic heterocycles. The van der Waals surface area contributed by atoms with Crippen LogP contribution < -0.4 is 4.90 Å². The highest BCUT2D eigenvalue weighted by Crippen LogP contribution is 2.50. The van der Waals surface area contributed by atoms with Crippen LogP contribution in [0.15, 0.2) is 6.07 Å². The van der Waals surface area contributed by atoms with E-state index in [1.807, 2.05) is 24.3 Å². The van der Waals surface area contributed by atoms with Gasteiger partial charge in [-0.2, -0.15) is 0 Å². The summed E-state index contributed by atoms with van der Waals surface area (Å²) in [4.78, 5) is 25.0. The van der Waals surface area contributed by atoms with Crippen LogP contribution in [0.25, 0.3) is 0 Å². The van der Waals surface area contributed by atoms with Crippen molar-refractivity contribution in [3.63, 3.8) is 0 Å². The predicted octanol–water partition coefficient (Wildman–Crippen LogP) is 3.13.